The van der Waals surface area contributed by atoms with E-state index in [1.54, 1.807) is 0 Å². The molecule has 20 heavy (non-hydrogen) atoms. The minimum Gasteiger partial charge on any atom is -0.0836 e. The van der Waals surface area contributed by atoms with E-state index in [0.717, 1.165) is 11.8 Å². The molecule has 0 bridgehead atoms. The third-order valence-corrected chi connectivity index (χ3v) is 6.40. The first-order valence-corrected chi connectivity index (χ1v) is 9.24. The molecule has 1 saturated carbocycles. The fourth-order valence-electron chi connectivity index (χ4n) is 3.47. The Balaban J connectivity index is 1.91. The van der Waals surface area contributed by atoms with Gasteiger partial charge in [-0.2, -0.15) is 0 Å². The Morgan fingerprint density at radius 1 is 1.10 bits per heavy atom. The second kappa shape index (κ2) is 7.64. The van der Waals surface area contributed by atoms with Crippen LogP contribution < -0.4 is 0 Å². The van der Waals surface area contributed by atoms with E-state index in [9.17, 15) is 0 Å². The van der Waals surface area contributed by atoms with Crippen LogP contribution in [0.25, 0.3) is 0 Å². The van der Waals surface area contributed by atoms with Gasteiger partial charge in [0.15, 0.2) is 0 Å². The molecule has 1 aliphatic carbocycles. The summed E-state index contributed by atoms with van der Waals surface area (Å²) in [4.78, 5) is 0.550. The summed E-state index contributed by atoms with van der Waals surface area (Å²) in [7, 11) is 0. The summed E-state index contributed by atoms with van der Waals surface area (Å²) >= 11 is 3.98. The third-order valence-electron chi connectivity index (χ3n) is 5.12. The Morgan fingerprint density at radius 2 is 1.80 bits per heavy atom. The number of aryl methyl sites for hydroxylation is 2. The van der Waals surface area contributed by atoms with Gasteiger partial charge in [-0.05, 0) is 55.2 Å². The second-order valence-electron chi connectivity index (χ2n) is 6.67. The molecule has 1 aromatic carbocycles. The lowest BCUT2D eigenvalue weighted by atomic mass is 9.77. The van der Waals surface area contributed by atoms with Gasteiger partial charge in [0.2, 0.25) is 0 Å². The molecule has 0 amide bonds. The van der Waals surface area contributed by atoms with Crippen LogP contribution in [0, 0.1) is 25.7 Å². The van der Waals surface area contributed by atoms with Crippen molar-refractivity contribution in [3.05, 3.63) is 34.9 Å². The van der Waals surface area contributed by atoms with Crippen molar-refractivity contribution in [2.45, 2.75) is 70.5 Å². The number of hydrogen-bond acceptors (Lipinski definition) is 0. The van der Waals surface area contributed by atoms with Crippen molar-refractivity contribution in [3.63, 3.8) is 0 Å². The zero-order valence-corrected chi connectivity index (χ0v) is 14.9. The molecule has 0 spiro atoms. The molecule has 0 nitrogen and oxygen atoms in total. The highest BCUT2D eigenvalue weighted by molar-refractivity contribution is 9.09. The average molecular weight is 337 g/mol. The SMILES string of the molecule is CCCCC1CCC(C(Br)c2ccc(C)c(C)c2)CC1. The van der Waals surface area contributed by atoms with E-state index in [0.29, 0.717) is 4.83 Å². The lowest BCUT2D eigenvalue weighted by Crippen LogP contribution is -2.18. The molecule has 2 rings (SSSR count). The van der Waals surface area contributed by atoms with Gasteiger partial charge in [-0.3, -0.25) is 0 Å². The molecule has 1 unspecified atom stereocenters. The molecule has 0 heterocycles. The Kier molecular flexibility index (Phi) is 6.14. The molecule has 1 aromatic rings. The van der Waals surface area contributed by atoms with E-state index < -0.39 is 0 Å². The highest BCUT2D eigenvalue weighted by atomic mass is 79.9. The first kappa shape index (κ1) is 16.1. The maximum atomic E-state index is 3.98. The van der Waals surface area contributed by atoms with E-state index in [-0.39, 0.29) is 0 Å². The fourth-order valence-corrected chi connectivity index (χ4v) is 4.28. The van der Waals surface area contributed by atoms with Crippen molar-refractivity contribution in [2.24, 2.45) is 11.8 Å². The van der Waals surface area contributed by atoms with Crippen LogP contribution in [0.3, 0.4) is 0 Å². The van der Waals surface area contributed by atoms with Crippen LogP contribution in [0.2, 0.25) is 0 Å². The van der Waals surface area contributed by atoms with E-state index >= 15 is 0 Å². The van der Waals surface area contributed by atoms with Crippen LogP contribution in [0.4, 0.5) is 0 Å². The van der Waals surface area contributed by atoms with E-state index in [1.165, 1.54) is 61.6 Å². The van der Waals surface area contributed by atoms with Gasteiger partial charge in [0.25, 0.3) is 0 Å². The molecule has 0 radical (unpaired) electrons. The molecular formula is C19H29Br. The Bertz CT molecular complexity index is 416. The topological polar surface area (TPSA) is 0 Å². The minimum atomic E-state index is 0.550. The molecule has 0 saturated heterocycles. The number of halogens is 1. The van der Waals surface area contributed by atoms with Gasteiger partial charge in [0, 0.05) is 4.83 Å². The van der Waals surface area contributed by atoms with Gasteiger partial charge in [0.1, 0.15) is 0 Å². The predicted octanol–water partition coefficient (Wildman–Crippen LogP) is 6.74. The number of alkyl halides is 1. The number of rotatable bonds is 5. The van der Waals surface area contributed by atoms with Crippen molar-refractivity contribution in [3.8, 4) is 0 Å². The molecule has 0 aromatic heterocycles. The standard InChI is InChI=1S/C19H29Br/c1-4-5-6-16-8-11-17(12-9-16)19(20)18-10-7-14(2)15(3)13-18/h7,10,13,16-17,19H,4-6,8-9,11-12H2,1-3H3. The number of benzene rings is 1. The molecule has 1 heteroatoms. The summed E-state index contributed by atoms with van der Waals surface area (Å²) in [6, 6.07) is 6.95. The Hall–Kier alpha value is -0.300. The summed E-state index contributed by atoms with van der Waals surface area (Å²) < 4.78 is 0. The first-order valence-electron chi connectivity index (χ1n) is 8.33. The zero-order chi connectivity index (χ0) is 14.5. The zero-order valence-electron chi connectivity index (χ0n) is 13.3. The third kappa shape index (κ3) is 4.10. The monoisotopic (exact) mass is 336 g/mol. The first-order chi connectivity index (χ1) is 9.61. The lowest BCUT2D eigenvalue weighted by Gasteiger charge is -2.32. The van der Waals surface area contributed by atoms with Crippen molar-refractivity contribution in [2.75, 3.05) is 0 Å². The molecule has 0 N–H and O–H groups in total. The van der Waals surface area contributed by atoms with Crippen LogP contribution in [0.5, 0.6) is 0 Å². The lowest BCUT2D eigenvalue weighted by molar-refractivity contribution is 0.257. The van der Waals surface area contributed by atoms with Crippen LogP contribution in [-0.4, -0.2) is 0 Å². The normalized spacial score (nSPS) is 24.6. The average Bonchev–Trinajstić information content (AvgIpc) is 2.48. The van der Waals surface area contributed by atoms with E-state index in [1.807, 2.05) is 0 Å². The maximum Gasteiger partial charge on any atom is 0.0423 e. The van der Waals surface area contributed by atoms with Crippen LogP contribution in [0.1, 0.15) is 73.4 Å². The van der Waals surface area contributed by atoms with Crippen molar-refractivity contribution in [1.82, 2.24) is 0 Å². The number of unbranched alkanes of at least 4 members (excludes halogenated alkanes) is 1. The summed E-state index contributed by atoms with van der Waals surface area (Å²) in [6.45, 7) is 6.72. The summed E-state index contributed by atoms with van der Waals surface area (Å²) in [5.74, 6) is 1.83. The van der Waals surface area contributed by atoms with Crippen LogP contribution >= 0.6 is 15.9 Å². The van der Waals surface area contributed by atoms with Gasteiger partial charge >= 0.3 is 0 Å². The smallest absolute Gasteiger partial charge is 0.0423 e. The Labute approximate surface area is 133 Å². The molecule has 112 valence electrons. The largest absolute Gasteiger partial charge is 0.0836 e. The summed E-state index contributed by atoms with van der Waals surface area (Å²) in [5.41, 5.74) is 4.30. The Morgan fingerprint density at radius 3 is 2.40 bits per heavy atom. The van der Waals surface area contributed by atoms with Crippen molar-refractivity contribution >= 4 is 15.9 Å². The summed E-state index contributed by atoms with van der Waals surface area (Å²) in [5, 5.41) is 0. The van der Waals surface area contributed by atoms with Gasteiger partial charge in [0.05, 0.1) is 0 Å². The fraction of sp³-hybridized carbons (Fsp3) is 0.684. The second-order valence-corrected chi connectivity index (χ2v) is 7.65. The van der Waals surface area contributed by atoms with E-state index in [2.05, 4.69) is 54.9 Å². The molecular weight excluding hydrogens is 308 g/mol. The maximum absolute atomic E-state index is 3.98. The molecule has 0 aliphatic heterocycles. The molecule has 1 fully saturated rings. The van der Waals surface area contributed by atoms with Gasteiger partial charge < -0.3 is 0 Å². The van der Waals surface area contributed by atoms with E-state index in [4.69, 9.17) is 0 Å². The molecule has 1 atom stereocenters. The minimum absolute atomic E-state index is 0.550. The van der Waals surface area contributed by atoms with Crippen LogP contribution in [0.15, 0.2) is 18.2 Å². The predicted molar refractivity (Wildman–Crippen MR) is 92.6 cm³/mol. The highest BCUT2D eigenvalue weighted by Gasteiger charge is 2.26. The van der Waals surface area contributed by atoms with Crippen molar-refractivity contribution in [1.29, 1.82) is 0 Å². The van der Waals surface area contributed by atoms with Crippen molar-refractivity contribution < 1.29 is 0 Å². The number of hydrogen-bond donors (Lipinski definition) is 0. The van der Waals surface area contributed by atoms with Gasteiger partial charge in [-0.1, -0.05) is 73.2 Å². The molecule has 1 aliphatic rings. The van der Waals surface area contributed by atoms with Gasteiger partial charge in [-0.15, -0.1) is 0 Å². The highest BCUT2D eigenvalue weighted by Crippen LogP contribution is 2.42. The summed E-state index contributed by atoms with van der Waals surface area (Å²) in [6.07, 6.45) is 9.91. The van der Waals surface area contributed by atoms with Gasteiger partial charge in [-0.25, -0.2) is 0 Å². The van der Waals surface area contributed by atoms with Crippen LogP contribution in [-0.2, 0) is 0 Å². The quantitative estimate of drug-likeness (QED) is 0.522.